The molecule has 1 fully saturated rings. The lowest BCUT2D eigenvalue weighted by atomic mass is 9.73. The molecule has 0 spiro atoms. The van der Waals surface area contributed by atoms with Gasteiger partial charge in [0.05, 0.1) is 11.5 Å². The number of carbonyl (C=O) groups is 1. The lowest BCUT2D eigenvalue weighted by molar-refractivity contribution is -0.133. The van der Waals surface area contributed by atoms with Crippen molar-refractivity contribution in [2.45, 2.75) is 45.1 Å². The smallest absolute Gasteiger partial charge is 0.227 e. The van der Waals surface area contributed by atoms with Crippen LogP contribution in [0, 0.1) is 5.41 Å². The Morgan fingerprint density at radius 2 is 1.90 bits per heavy atom. The molecule has 1 atom stereocenters. The highest BCUT2D eigenvalue weighted by Crippen LogP contribution is 2.36. The van der Waals surface area contributed by atoms with Gasteiger partial charge in [0.1, 0.15) is 0 Å². The minimum atomic E-state index is -0.362. The number of rotatable bonds is 4. The summed E-state index contributed by atoms with van der Waals surface area (Å²) >= 11 is 5.88. The van der Waals surface area contributed by atoms with Gasteiger partial charge >= 0.3 is 0 Å². The molecule has 0 aliphatic heterocycles. The number of carbonyl (C=O) groups excluding carboxylic acids is 1. The Hall–Kier alpha value is -1.06. The Morgan fingerprint density at radius 1 is 1.30 bits per heavy atom. The van der Waals surface area contributed by atoms with Crippen LogP contribution in [0.15, 0.2) is 24.3 Å². The molecule has 4 heteroatoms. The van der Waals surface area contributed by atoms with Gasteiger partial charge in [-0.25, -0.2) is 0 Å². The molecule has 0 aromatic heterocycles. The van der Waals surface area contributed by atoms with Crippen molar-refractivity contribution in [3.05, 3.63) is 34.9 Å². The van der Waals surface area contributed by atoms with E-state index in [0.717, 1.165) is 31.2 Å². The van der Waals surface area contributed by atoms with Crippen LogP contribution in [0.4, 0.5) is 0 Å². The molecule has 1 aromatic carbocycles. The van der Waals surface area contributed by atoms with Crippen LogP contribution in [-0.4, -0.2) is 12.5 Å². The summed E-state index contributed by atoms with van der Waals surface area (Å²) in [7, 11) is 0. The minimum absolute atomic E-state index is 0.0230. The third kappa shape index (κ3) is 3.33. The number of halogens is 1. The van der Waals surface area contributed by atoms with Crippen LogP contribution >= 0.6 is 11.6 Å². The lowest BCUT2D eigenvalue weighted by Crippen LogP contribution is -2.47. The van der Waals surface area contributed by atoms with Crippen LogP contribution in [0.3, 0.4) is 0 Å². The molecule has 0 saturated heterocycles. The molecule has 1 aliphatic carbocycles. The summed E-state index contributed by atoms with van der Waals surface area (Å²) in [6, 6.07) is 7.56. The third-order valence-corrected chi connectivity index (χ3v) is 4.65. The first-order valence-electron chi connectivity index (χ1n) is 7.34. The zero-order valence-corrected chi connectivity index (χ0v) is 12.7. The number of nitrogens with two attached hydrogens (primary N) is 1. The topological polar surface area (TPSA) is 55.1 Å². The van der Waals surface area contributed by atoms with E-state index in [1.54, 1.807) is 0 Å². The van der Waals surface area contributed by atoms with E-state index in [4.69, 9.17) is 17.3 Å². The van der Waals surface area contributed by atoms with E-state index in [-0.39, 0.29) is 17.4 Å². The molecule has 1 saturated carbocycles. The molecule has 3 N–H and O–H groups in total. The average molecular weight is 295 g/mol. The molecule has 0 unspecified atom stereocenters. The number of nitrogens with one attached hydrogen (secondary N) is 1. The summed E-state index contributed by atoms with van der Waals surface area (Å²) in [4.78, 5) is 12.6. The Kier molecular flexibility index (Phi) is 5.06. The first kappa shape index (κ1) is 15.3. The Labute approximate surface area is 125 Å². The molecule has 3 nitrogen and oxygen atoms in total. The maximum Gasteiger partial charge on any atom is 0.227 e. The molecule has 1 amide bonds. The van der Waals surface area contributed by atoms with Gasteiger partial charge < -0.3 is 11.1 Å². The van der Waals surface area contributed by atoms with Gasteiger partial charge in [-0.1, -0.05) is 43.0 Å². The summed E-state index contributed by atoms with van der Waals surface area (Å²) in [6.07, 6.45) is 5.22. The van der Waals surface area contributed by atoms with Crippen LogP contribution in [-0.2, 0) is 4.79 Å². The zero-order valence-electron chi connectivity index (χ0n) is 12.0. The number of hydrogen-bond acceptors (Lipinski definition) is 2. The van der Waals surface area contributed by atoms with Crippen molar-refractivity contribution < 1.29 is 4.79 Å². The van der Waals surface area contributed by atoms with Gasteiger partial charge in [-0.05, 0) is 37.5 Å². The van der Waals surface area contributed by atoms with Crippen molar-refractivity contribution in [2.75, 3.05) is 6.54 Å². The molecule has 110 valence electrons. The zero-order chi connectivity index (χ0) is 14.6. The molecule has 0 bridgehead atoms. The van der Waals surface area contributed by atoms with Crippen LogP contribution in [0.25, 0.3) is 0 Å². The summed E-state index contributed by atoms with van der Waals surface area (Å²) in [5.74, 6) is 0.0992. The first-order valence-corrected chi connectivity index (χ1v) is 7.72. The average Bonchev–Trinajstić information content (AvgIpc) is 2.48. The molecule has 1 aliphatic rings. The summed E-state index contributed by atoms with van der Waals surface area (Å²) in [6.45, 7) is 2.43. The molecule has 0 radical (unpaired) electrons. The minimum Gasteiger partial charge on any atom is -0.349 e. The Bertz CT molecular complexity index is 452. The van der Waals surface area contributed by atoms with E-state index in [9.17, 15) is 4.79 Å². The van der Waals surface area contributed by atoms with Crippen molar-refractivity contribution in [2.24, 2.45) is 11.1 Å². The first-order chi connectivity index (χ1) is 9.57. The molecule has 20 heavy (non-hydrogen) atoms. The van der Waals surface area contributed by atoms with Crippen LogP contribution in [0.5, 0.6) is 0 Å². The molecule has 2 rings (SSSR count). The fourth-order valence-electron chi connectivity index (χ4n) is 2.94. The molecular formula is C16H23ClN2O. The van der Waals surface area contributed by atoms with Gasteiger partial charge in [0.25, 0.3) is 0 Å². The maximum absolute atomic E-state index is 12.6. The van der Waals surface area contributed by atoms with Crippen molar-refractivity contribution in [1.29, 1.82) is 0 Å². The second-order valence-corrected chi connectivity index (χ2v) is 6.23. The molecule has 1 aromatic rings. The van der Waals surface area contributed by atoms with E-state index in [1.807, 2.05) is 31.2 Å². The second-order valence-electron chi connectivity index (χ2n) is 5.79. The largest absolute Gasteiger partial charge is 0.349 e. The van der Waals surface area contributed by atoms with Crippen molar-refractivity contribution in [3.8, 4) is 0 Å². The number of hydrogen-bond donors (Lipinski definition) is 2. The van der Waals surface area contributed by atoms with E-state index in [0.29, 0.717) is 11.6 Å². The van der Waals surface area contributed by atoms with Gasteiger partial charge in [-0.3, -0.25) is 4.79 Å². The van der Waals surface area contributed by atoms with Crippen molar-refractivity contribution in [1.82, 2.24) is 5.32 Å². The Balaban J connectivity index is 2.04. The second kappa shape index (κ2) is 6.59. The predicted molar refractivity (Wildman–Crippen MR) is 82.6 cm³/mol. The fourth-order valence-corrected chi connectivity index (χ4v) is 3.06. The van der Waals surface area contributed by atoms with Gasteiger partial charge in [0.15, 0.2) is 0 Å². The SMILES string of the molecule is C[C@H](NC(=O)C1(CN)CCCCC1)c1ccc(Cl)cc1. The highest BCUT2D eigenvalue weighted by molar-refractivity contribution is 6.30. The van der Waals surface area contributed by atoms with Crippen LogP contribution in [0.1, 0.15) is 50.6 Å². The van der Waals surface area contributed by atoms with Crippen LogP contribution in [0.2, 0.25) is 5.02 Å². The highest BCUT2D eigenvalue weighted by atomic mass is 35.5. The van der Waals surface area contributed by atoms with Gasteiger partial charge in [-0.15, -0.1) is 0 Å². The molecule has 0 heterocycles. The summed E-state index contributed by atoms with van der Waals surface area (Å²) in [5.41, 5.74) is 6.59. The summed E-state index contributed by atoms with van der Waals surface area (Å²) < 4.78 is 0. The van der Waals surface area contributed by atoms with Gasteiger partial charge in [0, 0.05) is 11.6 Å². The monoisotopic (exact) mass is 294 g/mol. The maximum atomic E-state index is 12.6. The fraction of sp³-hybridized carbons (Fsp3) is 0.562. The van der Waals surface area contributed by atoms with E-state index < -0.39 is 0 Å². The third-order valence-electron chi connectivity index (χ3n) is 4.40. The Morgan fingerprint density at radius 3 is 2.45 bits per heavy atom. The molecular weight excluding hydrogens is 272 g/mol. The van der Waals surface area contributed by atoms with E-state index >= 15 is 0 Å². The van der Waals surface area contributed by atoms with Crippen LogP contribution < -0.4 is 11.1 Å². The quantitative estimate of drug-likeness (QED) is 0.894. The van der Waals surface area contributed by atoms with E-state index in [1.165, 1.54) is 6.42 Å². The van der Waals surface area contributed by atoms with Gasteiger partial charge in [-0.2, -0.15) is 0 Å². The van der Waals surface area contributed by atoms with E-state index in [2.05, 4.69) is 5.32 Å². The van der Waals surface area contributed by atoms with Gasteiger partial charge in [0.2, 0.25) is 5.91 Å². The lowest BCUT2D eigenvalue weighted by Gasteiger charge is -2.35. The normalized spacial score (nSPS) is 19.4. The number of amides is 1. The predicted octanol–water partition coefficient (Wildman–Crippen LogP) is 3.43. The summed E-state index contributed by atoms with van der Waals surface area (Å²) in [5, 5.41) is 3.82. The number of benzene rings is 1. The highest BCUT2D eigenvalue weighted by Gasteiger charge is 2.38. The standard InChI is InChI=1S/C16H23ClN2O/c1-12(13-5-7-14(17)8-6-13)19-15(20)16(11-18)9-3-2-4-10-16/h5-8,12H,2-4,9-11,18H2,1H3,(H,19,20)/t12-/m0/s1. The van der Waals surface area contributed by atoms with Crippen molar-refractivity contribution >= 4 is 17.5 Å². The van der Waals surface area contributed by atoms with Crippen molar-refractivity contribution in [3.63, 3.8) is 0 Å².